The molecule has 3 rings (SSSR count). The van der Waals surface area contributed by atoms with Gasteiger partial charge in [0.25, 0.3) is 0 Å². The second-order valence-electron chi connectivity index (χ2n) is 16.5. The van der Waals surface area contributed by atoms with Crippen molar-refractivity contribution >= 4 is 59.2 Å². The van der Waals surface area contributed by atoms with Crippen molar-refractivity contribution in [1.82, 2.24) is 37.2 Å². The summed E-state index contributed by atoms with van der Waals surface area (Å²) in [5, 5.41) is 75.5. The molecule has 16 unspecified atom stereocenters. The zero-order valence-corrected chi connectivity index (χ0v) is 38.1. The molecule has 0 aromatic heterocycles. The average Bonchev–Trinajstić information content (AvgIpc) is 3.72. The zero-order valence-electron chi connectivity index (χ0n) is 38.1. The first-order chi connectivity index (χ1) is 32.4. The molecule has 8 amide bonds. The van der Waals surface area contributed by atoms with Gasteiger partial charge in [-0.15, -0.1) is 0 Å². The van der Waals surface area contributed by atoms with Gasteiger partial charge in [0, 0.05) is 26.8 Å². The third-order valence-corrected chi connectivity index (χ3v) is 10.9. The number of carbonyl (C=O) groups excluding carboxylic acids is 8. The van der Waals surface area contributed by atoms with Crippen molar-refractivity contribution in [2.45, 2.75) is 157 Å². The lowest BCUT2D eigenvalue weighted by Crippen LogP contribution is -2.68. The van der Waals surface area contributed by atoms with Crippen molar-refractivity contribution in [2.75, 3.05) is 26.4 Å². The Kier molecular flexibility index (Phi) is 22.5. The first-order valence-corrected chi connectivity index (χ1v) is 21.7. The fourth-order valence-corrected chi connectivity index (χ4v) is 7.30. The van der Waals surface area contributed by atoms with Crippen LogP contribution in [0.1, 0.15) is 59.8 Å². The Labute approximate surface area is 393 Å². The number of carboxylic acid groups (broad SMARTS) is 2. The lowest BCUT2D eigenvalue weighted by molar-refractivity contribution is -0.313. The molecule has 3 heterocycles. The summed E-state index contributed by atoms with van der Waals surface area (Å²) in [7, 11) is 0. The van der Waals surface area contributed by atoms with Crippen LogP contribution >= 0.6 is 0 Å². The molecule has 30 heteroatoms. The third-order valence-electron chi connectivity index (χ3n) is 10.9. The molecule has 2 bridgehead atoms. The van der Waals surface area contributed by atoms with Crippen LogP contribution in [0.5, 0.6) is 0 Å². The zero-order chi connectivity index (χ0) is 51.9. The molecule has 16 atom stereocenters. The molecule has 3 saturated heterocycles. The summed E-state index contributed by atoms with van der Waals surface area (Å²) in [6.07, 6.45) is -14.2. The molecule has 17 N–H and O–H groups in total. The van der Waals surface area contributed by atoms with Gasteiger partial charge in [-0.1, -0.05) is 0 Å². The van der Waals surface area contributed by atoms with Gasteiger partial charge in [0.05, 0.1) is 32.3 Å². The molecule has 390 valence electrons. The summed E-state index contributed by atoms with van der Waals surface area (Å²) in [6, 6.07) is -9.88. The summed E-state index contributed by atoms with van der Waals surface area (Å²) in [6.45, 7) is 2.94. The van der Waals surface area contributed by atoms with Crippen LogP contribution in [0.4, 0.5) is 0 Å². The number of rotatable bonds is 27. The number of aliphatic carboxylic acids is 2. The van der Waals surface area contributed by atoms with Gasteiger partial charge in [-0.05, 0) is 33.1 Å². The maximum Gasteiger partial charge on any atom is 0.326 e. The molecule has 0 radical (unpaired) electrons. The largest absolute Gasteiger partial charge is 0.481 e. The molecule has 69 heavy (non-hydrogen) atoms. The Morgan fingerprint density at radius 1 is 0.754 bits per heavy atom. The van der Waals surface area contributed by atoms with Gasteiger partial charge in [0.15, 0.2) is 12.6 Å². The monoisotopic (exact) mass is 993 g/mol. The quantitative estimate of drug-likeness (QED) is 0.0340. The molecule has 3 aliphatic heterocycles. The number of aliphatic hydroxyl groups excluding tert-OH is 4. The maximum atomic E-state index is 13.5. The van der Waals surface area contributed by atoms with Gasteiger partial charge in [0.2, 0.25) is 47.3 Å². The molecule has 0 aliphatic carbocycles. The van der Waals surface area contributed by atoms with E-state index in [1.807, 2.05) is 0 Å². The molecule has 0 saturated carbocycles. The first-order valence-electron chi connectivity index (χ1n) is 21.7. The van der Waals surface area contributed by atoms with E-state index in [1.54, 1.807) is 0 Å². The Balaban J connectivity index is 1.58. The predicted molar refractivity (Wildman–Crippen MR) is 226 cm³/mol. The van der Waals surface area contributed by atoms with Crippen LogP contribution < -0.4 is 48.7 Å². The van der Waals surface area contributed by atoms with Crippen LogP contribution in [0.2, 0.25) is 0 Å². The number of carbonyl (C=O) groups is 10. The van der Waals surface area contributed by atoms with Crippen molar-refractivity contribution in [3.63, 3.8) is 0 Å². The van der Waals surface area contributed by atoms with E-state index in [-0.39, 0.29) is 26.0 Å². The minimum atomic E-state index is -1.69. The van der Waals surface area contributed by atoms with Crippen molar-refractivity contribution in [3.05, 3.63) is 0 Å². The van der Waals surface area contributed by atoms with Crippen LogP contribution in [0.25, 0.3) is 0 Å². The van der Waals surface area contributed by atoms with E-state index in [0.717, 1.165) is 6.92 Å². The number of fused-ring (bicyclic) bond motifs is 2. The Morgan fingerprint density at radius 3 is 1.97 bits per heavy atom. The molecule has 0 aromatic carbocycles. The summed E-state index contributed by atoms with van der Waals surface area (Å²) >= 11 is 0. The topological polar surface area (TPSA) is 474 Å². The maximum absolute atomic E-state index is 13.5. The van der Waals surface area contributed by atoms with E-state index in [4.69, 9.17) is 40.3 Å². The molecule has 0 spiro atoms. The highest BCUT2D eigenvalue weighted by Crippen LogP contribution is 2.35. The third kappa shape index (κ3) is 17.0. The van der Waals surface area contributed by atoms with Crippen molar-refractivity contribution in [2.24, 2.45) is 11.5 Å². The van der Waals surface area contributed by atoms with E-state index >= 15 is 0 Å². The Morgan fingerprint density at radius 2 is 1.39 bits per heavy atom. The van der Waals surface area contributed by atoms with E-state index < -0.39 is 189 Å². The highest BCUT2D eigenvalue weighted by atomic mass is 16.8. The fourth-order valence-electron chi connectivity index (χ4n) is 7.30. The number of nitrogens with one attached hydrogen (secondary N) is 7. The van der Waals surface area contributed by atoms with E-state index in [2.05, 4.69) is 37.2 Å². The standard InChI is InChI=1S/C39H63N9O21/c1-14(33(59)47-19(32(41)58)7-8-24(53)46-20(37(63)64)6-5-9-42-36(62)21(11-49)48-35(61)18(40)10-25(54)55)43-34(60)15(2)66-31-27(45-17(4)52)38-65-13-23(68-38)30(31)69-39-26(44-16(3)51)29(57)28(56)22(12-50)67-39/h14-15,18-23,26-31,38-39,49-50,56-57H,5-13,40H2,1-4H3,(H2,41,58)(H,42,62)(H,43,60)(H,44,51)(H,45,52)(H,46,53)(H,47,59)(H,48,61)(H,54,55)(H,63,64). The minimum Gasteiger partial charge on any atom is -0.481 e. The van der Waals surface area contributed by atoms with Crippen molar-refractivity contribution in [3.8, 4) is 0 Å². The summed E-state index contributed by atoms with van der Waals surface area (Å²) in [5.74, 6) is -9.71. The minimum absolute atomic E-state index is 0.0338. The first kappa shape index (κ1) is 57.6. The predicted octanol–water partition coefficient (Wildman–Crippen LogP) is -8.65. The summed E-state index contributed by atoms with van der Waals surface area (Å²) in [4.78, 5) is 123. The Hall–Kier alpha value is -5.70. The van der Waals surface area contributed by atoms with Crippen LogP contribution in [-0.2, 0) is 71.6 Å². The van der Waals surface area contributed by atoms with Crippen LogP contribution in [0, 0.1) is 0 Å². The second kappa shape index (κ2) is 26.9. The van der Waals surface area contributed by atoms with Crippen LogP contribution in [0.15, 0.2) is 0 Å². The smallest absolute Gasteiger partial charge is 0.326 e. The summed E-state index contributed by atoms with van der Waals surface area (Å²) in [5.41, 5.74) is 10.9. The van der Waals surface area contributed by atoms with Gasteiger partial charge in [-0.25, -0.2) is 4.79 Å². The lowest BCUT2D eigenvalue weighted by atomic mass is 9.95. The number of ether oxygens (including phenoxy) is 5. The van der Waals surface area contributed by atoms with Gasteiger partial charge in [-0.2, -0.15) is 0 Å². The number of carboxylic acids is 2. The van der Waals surface area contributed by atoms with Gasteiger partial charge < -0.3 is 103 Å². The van der Waals surface area contributed by atoms with Crippen LogP contribution in [0.3, 0.4) is 0 Å². The van der Waals surface area contributed by atoms with E-state index in [9.17, 15) is 73.5 Å². The molecule has 3 fully saturated rings. The van der Waals surface area contributed by atoms with Crippen LogP contribution in [-0.4, -0.2) is 214 Å². The average molecular weight is 994 g/mol. The highest BCUT2D eigenvalue weighted by Gasteiger charge is 2.56. The molecule has 3 aliphatic rings. The molecular formula is C39H63N9O21. The van der Waals surface area contributed by atoms with Gasteiger partial charge >= 0.3 is 11.9 Å². The summed E-state index contributed by atoms with van der Waals surface area (Å²) < 4.78 is 29.7. The lowest BCUT2D eigenvalue weighted by Gasteiger charge is -2.47. The van der Waals surface area contributed by atoms with Gasteiger partial charge in [0.1, 0.15) is 79.0 Å². The number of primary amides is 1. The highest BCUT2D eigenvalue weighted by molar-refractivity contribution is 5.93. The number of nitrogens with two attached hydrogens (primary N) is 2. The molecule has 30 nitrogen and oxygen atoms in total. The van der Waals surface area contributed by atoms with Crippen molar-refractivity contribution < 1.29 is 102 Å². The Bertz CT molecular complexity index is 1860. The molecular weight excluding hydrogens is 930 g/mol. The SMILES string of the molecule is CC(=O)NC1C(OC2C3COC(O3)C(NC(C)=O)C2OC(C)C(=O)NC(C)C(=O)NC(CCC(=O)NC(CCCNC(=O)C(CO)NC(=O)C(N)CC(=O)O)C(=O)O)C(N)=O)OC(CO)C(O)C1O. The molecule has 0 aromatic rings. The number of hydrogen-bond donors (Lipinski definition) is 15. The fraction of sp³-hybridized carbons (Fsp3) is 0.744. The number of amides is 8. The number of aliphatic hydroxyl groups is 4. The van der Waals surface area contributed by atoms with Gasteiger partial charge in [-0.3, -0.25) is 43.2 Å². The number of hydrogen-bond acceptors (Lipinski definition) is 20. The second-order valence-corrected chi connectivity index (χ2v) is 16.5. The van der Waals surface area contributed by atoms with E-state index in [1.165, 1.54) is 20.8 Å². The van der Waals surface area contributed by atoms with Crippen molar-refractivity contribution in [1.29, 1.82) is 0 Å². The van der Waals surface area contributed by atoms with E-state index in [0.29, 0.717) is 0 Å². The normalized spacial score (nSPS) is 27.7.